The number of alkyl halides is 3. The van der Waals surface area contributed by atoms with Crippen molar-refractivity contribution >= 4 is 16.6 Å². The fraction of sp³-hybridized carbons (Fsp3) is 0.176. The molecule has 0 bridgehead atoms. The van der Waals surface area contributed by atoms with Crippen molar-refractivity contribution in [3.05, 3.63) is 54.0 Å². The van der Waals surface area contributed by atoms with Gasteiger partial charge in [0.2, 0.25) is 0 Å². The first-order valence-electron chi connectivity index (χ1n) is 7.12. The van der Waals surface area contributed by atoms with Gasteiger partial charge in [-0.3, -0.25) is 4.98 Å². The molecule has 1 unspecified atom stereocenters. The number of aliphatic hydroxyl groups excluding tert-OH is 1. The standard InChI is InChI=1S/C17H14F3N3O/c1-9-4-14(16(24)17(18,19)20)22-8-13(9)11-3-2-10-6-15(21)23-7-12(10)5-11/h2-8,16,24H,1H3,(H2,21,23). The van der Waals surface area contributed by atoms with Crippen molar-refractivity contribution in [2.45, 2.75) is 19.2 Å². The third-order valence-corrected chi connectivity index (χ3v) is 3.78. The summed E-state index contributed by atoms with van der Waals surface area (Å²) in [5.74, 6) is 0.415. The molecule has 0 amide bonds. The van der Waals surface area contributed by atoms with E-state index in [1.54, 1.807) is 19.2 Å². The molecule has 3 aromatic rings. The van der Waals surface area contributed by atoms with E-state index in [9.17, 15) is 18.3 Å². The van der Waals surface area contributed by atoms with Gasteiger partial charge in [0.1, 0.15) is 5.82 Å². The fourth-order valence-electron chi connectivity index (χ4n) is 2.52. The Labute approximate surface area is 135 Å². The number of fused-ring (bicyclic) bond motifs is 1. The molecular weight excluding hydrogens is 319 g/mol. The third kappa shape index (κ3) is 3.03. The molecule has 0 saturated heterocycles. The molecule has 2 heterocycles. The van der Waals surface area contributed by atoms with Crippen LogP contribution in [-0.4, -0.2) is 21.3 Å². The van der Waals surface area contributed by atoms with Crippen LogP contribution in [0.15, 0.2) is 42.7 Å². The molecule has 0 aliphatic heterocycles. The van der Waals surface area contributed by atoms with E-state index in [0.717, 1.165) is 16.3 Å². The zero-order valence-electron chi connectivity index (χ0n) is 12.7. The highest BCUT2D eigenvalue weighted by molar-refractivity contribution is 5.88. The van der Waals surface area contributed by atoms with Crippen molar-refractivity contribution in [1.29, 1.82) is 0 Å². The van der Waals surface area contributed by atoms with Gasteiger partial charge in [-0.15, -0.1) is 0 Å². The molecule has 3 N–H and O–H groups in total. The first-order valence-corrected chi connectivity index (χ1v) is 7.12. The summed E-state index contributed by atoms with van der Waals surface area (Å²) in [7, 11) is 0. The molecular formula is C17H14F3N3O. The van der Waals surface area contributed by atoms with Crippen LogP contribution in [0.4, 0.5) is 19.0 Å². The van der Waals surface area contributed by atoms with Crippen LogP contribution < -0.4 is 5.73 Å². The molecule has 4 nitrogen and oxygen atoms in total. The van der Waals surface area contributed by atoms with Crippen LogP contribution in [0.1, 0.15) is 17.4 Å². The van der Waals surface area contributed by atoms with Gasteiger partial charge in [-0.25, -0.2) is 4.98 Å². The van der Waals surface area contributed by atoms with Crippen molar-refractivity contribution in [1.82, 2.24) is 9.97 Å². The van der Waals surface area contributed by atoms with Crippen molar-refractivity contribution in [3.8, 4) is 11.1 Å². The quantitative estimate of drug-likeness (QED) is 0.748. The van der Waals surface area contributed by atoms with Gasteiger partial charge >= 0.3 is 6.18 Å². The average molecular weight is 333 g/mol. The highest BCUT2D eigenvalue weighted by Gasteiger charge is 2.40. The molecule has 0 aliphatic rings. The zero-order chi connectivity index (χ0) is 17.5. The van der Waals surface area contributed by atoms with E-state index in [4.69, 9.17) is 5.73 Å². The number of anilines is 1. The van der Waals surface area contributed by atoms with Gasteiger partial charge in [0, 0.05) is 23.3 Å². The topological polar surface area (TPSA) is 72.0 Å². The largest absolute Gasteiger partial charge is 0.420 e. The molecule has 0 fully saturated rings. The number of hydrogen-bond donors (Lipinski definition) is 2. The van der Waals surface area contributed by atoms with Gasteiger partial charge in [-0.05, 0) is 41.6 Å². The predicted octanol–water partition coefficient (Wildman–Crippen LogP) is 3.78. The highest BCUT2D eigenvalue weighted by atomic mass is 19.4. The normalized spacial score (nSPS) is 13.2. The Hall–Kier alpha value is -2.67. The number of nitrogen functional groups attached to an aromatic ring is 1. The monoisotopic (exact) mass is 333 g/mol. The van der Waals surface area contributed by atoms with E-state index in [0.29, 0.717) is 16.9 Å². The molecule has 24 heavy (non-hydrogen) atoms. The number of nitrogens with two attached hydrogens (primary N) is 1. The van der Waals surface area contributed by atoms with Gasteiger partial charge in [-0.1, -0.05) is 12.1 Å². The molecule has 0 saturated carbocycles. The molecule has 0 aliphatic carbocycles. The summed E-state index contributed by atoms with van der Waals surface area (Å²) >= 11 is 0. The number of aliphatic hydroxyl groups is 1. The summed E-state index contributed by atoms with van der Waals surface area (Å²) < 4.78 is 37.8. The molecule has 1 atom stereocenters. The Morgan fingerprint density at radius 1 is 1.04 bits per heavy atom. The second kappa shape index (κ2) is 5.76. The van der Waals surface area contributed by atoms with E-state index < -0.39 is 18.0 Å². The van der Waals surface area contributed by atoms with E-state index in [1.165, 1.54) is 12.3 Å². The third-order valence-electron chi connectivity index (χ3n) is 3.78. The minimum Gasteiger partial charge on any atom is -0.384 e. The van der Waals surface area contributed by atoms with Crippen LogP contribution in [0.25, 0.3) is 21.9 Å². The maximum absolute atomic E-state index is 12.6. The number of aromatic nitrogens is 2. The summed E-state index contributed by atoms with van der Waals surface area (Å²) in [5.41, 5.74) is 7.30. The van der Waals surface area contributed by atoms with Crippen LogP contribution in [-0.2, 0) is 0 Å². The second-order valence-electron chi connectivity index (χ2n) is 5.54. The summed E-state index contributed by atoms with van der Waals surface area (Å²) in [6, 6.07) is 8.56. The molecule has 3 rings (SSSR count). The van der Waals surface area contributed by atoms with Crippen LogP contribution in [0, 0.1) is 6.92 Å². The molecule has 124 valence electrons. The van der Waals surface area contributed by atoms with Crippen LogP contribution >= 0.6 is 0 Å². The van der Waals surface area contributed by atoms with Crippen molar-refractivity contribution in [2.24, 2.45) is 0 Å². The number of nitrogens with zero attached hydrogens (tertiary/aromatic N) is 2. The van der Waals surface area contributed by atoms with Crippen LogP contribution in [0.5, 0.6) is 0 Å². The maximum atomic E-state index is 12.6. The molecule has 7 heteroatoms. The van der Waals surface area contributed by atoms with Gasteiger partial charge in [0.15, 0.2) is 6.10 Å². The minimum atomic E-state index is -4.74. The molecule has 2 aromatic heterocycles. The van der Waals surface area contributed by atoms with E-state index in [-0.39, 0.29) is 0 Å². The molecule has 0 spiro atoms. The van der Waals surface area contributed by atoms with Gasteiger partial charge in [0.25, 0.3) is 0 Å². The number of rotatable bonds is 2. The lowest BCUT2D eigenvalue weighted by Crippen LogP contribution is -2.21. The van der Waals surface area contributed by atoms with Crippen LogP contribution in [0.3, 0.4) is 0 Å². The smallest absolute Gasteiger partial charge is 0.384 e. The molecule has 0 radical (unpaired) electrons. The number of benzene rings is 1. The fourth-order valence-corrected chi connectivity index (χ4v) is 2.52. The Morgan fingerprint density at radius 3 is 2.46 bits per heavy atom. The number of pyridine rings is 2. The van der Waals surface area contributed by atoms with E-state index in [2.05, 4.69) is 9.97 Å². The summed E-state index contributed by atoms with van der Waals surface area (Å²) in [4.78, 5) is 7.80. The van der Waals surface area contributed by atoms with E-state index in [1.807, 2.05) is 18.2 Å². The minimum absolute atomic E-state index is 0.415. The Morgan fingerprint density at radius 2 is 1.79 bits per heavy atom. The summed E-state index contributed by atoms with van der Waals surface area (Å²) in [5, 5.41) is 11.1. The number of aryl methyl sites for hydroxylation is 1. The zero-order valence-corrected chi connectivity index (χ0v) is 12.7. The first-order chi connectivity index (χ1) is 11.3. The number of hydrogen-bond acceptors (Lipinski definition) is 4. The average Bonchev–Trinajstić information content (AvgIpc) is 2.52. The highest BCUT2D eigenvalue weighted by Crippen LogP contribution is 2.33. The number of halogens is 3. The maximum Gasteiger partial charge on any atom is 0.420 e. The van der Waals surface area contributed by atoms with Crippen molar-refractivity contribution in [3.63, 3.8) is 0 Å². The molecule has 1 aromatic carbocycles. The lowest BCUT2D eigenvalue weighted by atomic mass is 9.99. The van der Waals surface area contributed by atoms with Gasteiger partial charge < -0.3 is 10.8 Å². The Balaban J connectivity index is 2.02. The SMILES string of the molecule is Cc1cc(C(O)C(F)(F)F)ncc1-c1ccc2cc(N)ncc2c1. The van der Waals surface area contributed by atoms with Crippen molar-refractivity contribution in [2.75, 3.05) is 5.73 Å². The summed E-state index contributed by atoms with van der Waals surface area (Å²) in [6.07, 6.45) is -4.35. The first kappa shape index (κ1) is 16.2. The van der Waals surface area contributed by atoms with Crippen molar-refractivity contribution < 1.29 is 18.3 Å². The summed E-state index contributed by atoms with van der Waals surface area (Å²) in [6.45, 7) is 1.68. The Kier molecular flexibility index (Phi) is 3.88. The van der Waals surface area contributed by atoms with Gasteiger partial charge in [0.05, 0.1) is 5.69 Å². The predicted molar refractivity (Wildman–Crippen MR) is 85.1 cm³/mol. The van der Waals surface area contributed by atoms with Gasteiger partial charge in [-0.2, -0.15) is 13.2 Å². The Bertz CT molecular complexity index is 909. The van der Waals surface area contributed by atoms with E-state index >= 15 is 0 Å². The lowest BCUT2D eigenvalue weighted by Gasteiger charge is -2.15. The second-order valence-corrected chi connectivity index (χ2v) is 5.54. The van der Waals surface area contributed by atoms with Crippen LogP contribution in [0.2, 0.25) is 0 Å². The lowest BCUT2D eigenvalue weighted by molar-refractivity contribution is -0.207.